The molecule has 0 aromatic rings. The summed E-state index contributed by atoms with van der Waals surface area (Å²) in [7, 11) is 0. The van der Waals surface area contributed by atoms with Crippen molar-refractivity contribution in [1.82, 2.24) is 0 Å². The van der Waals surface area contributed by atoms with Gasteiger partial charge in [0, 0.05) is 6.42 Å². The van der Waals surface area contributed by atoms with E-state index in [1.165, 1.54) is 6.08 Å². The number of carbonyl (C=O) groups is 1. The summed E-state index contributed by atoms with van der Waals surface area (Å²) in [5, 5.41) is 0. The molecule has 0 saturated carbocycles. The first-order valence-corrected chi connectivity index (χ1v) is 3.23. The van der Waals surface area contributed by atoms with Crippen LogP contribution in [0.25, 0.3) is 0 Å². The van der Waals surface area contributed by atoms with Crippen molar-refractivity contribution < 1.29 is 9.53 Å². The zero-order valence-corrected chi connectivity index (χ0v) is 5.75. The van der Waals surface area contributed by atoms with Gasteiger partial charge < -0.3 is 4.74 Å². The second-order valence-electron chi connectivity index (χ2n) is 2.32. The van der Waals surface area contributed by atoms with Gasteiger partial charge in [0.2, 0.25) is 0 Å². The molecular formula is C8H10O2. The molecule has 1 rings (SSSR count). The lowest BCUT2D eigenvalue weighted by atomic mass is 10.2. The molecule has 0 aliphatic carbocycles. The molecule has 1 unspecified atom stereocenters. The number of rotatable bonds is 2. The lowest BCUT2D eigenvalue weighted by Crippen LogP contribution is -1.98. The average Bonchev–Trinajstić information content (AvgIpc) is 2.31. The molecule has 1 heterocycles. The summed E-state index contributed by atoms with van der Waals surface area (Å²) in [6.07, 6.45) is 4.90. The van der Waals surface area contributed by atoms with E-state index in [2.05, 4.69) is 6.58 Å². The minimum Gasteiger partial charge on any atom is -0.369 e. The lowest BCUT2D eigenvalue weighted by Gasteiger charge is -1.97. The fourth-order valence-corrected chi connectivity index (χ4v) is 0.920. The van der Waals surface area contributed by atoms with Crippen molar-refractivity contribution in [1.29, 1.82) is 0 Å². The summed E-state index contributed by atoms with van der Waals surface area (Å²) in [5.74, 6) is 0. The van der Waals surface area contributed by atoms with E-state index < -0.39 is 0 Å². The first kappa shape index (κ1) is 7.22. The fraction of sp³-hybridized carbons (Fsp3) is 0.375. The van der Waals surface area contributed by atoms with Crippen molar-refractivity contribution in [2.45, 2.75) is 12.5 Å². The Bertz CT molecular complexity index is 170. The molecule has 1 fully saturated rings. The normalized spacial score (nSPS) is 26.0. The first-order chi connectivity index (χ1) is 4.83. The summed E-state index contributed by atoms with van der Waals surface area (Å²) >= 11 is 0. The fourth-order valence-electron chi connectivity index (χ4n) is 0.920. The SMILES string of the molecule is C=C1COC(/C=C/C=O)C1. The summed E-state index contributed by atoms with van der Waals surface area (Å²) < 4.78 is 5.22. The molecule has 0 spiro atoms. The Morgan fingerprint density at radius 2 is 2.50 bits per heavy atom. The predicted molar refractivity (Wildman–Crippen MR) is 38.7 cm³/mol. The number of hydrogen-bond donors (Lipinski definition) is 0. The molecule has 1 aliphatic rings. The number of hydrogen-bond acceptors (Lipinski definition) is 2. The van der Waals surface area contributed by atoms with Crippen molar-refractivity contribution in [3.63, 3.8) is 0 Å². The third kappa shape index (κ3) is 1.81. The number of aldehydes is 1. The third-order valence-corrected chi connectivity index (χ3v) is 1.40. The van der Waals surface area contributed by atoms with Gasteiger partial charge in [-0.25, -0.2) is 0 Å². The molecule has 2 nitrogen and oxygen atoms in total. The van der Waals surface area contributed by atoms with Gasteiger partial charge in [-0.1, -0.05) is 12.7 Å². The third-order valence-electron chi connectivity index (χ3n) is 1.40. The quantitative estimate of drug-likeness (QED) is 0.324. The largest absolute Gasteiger partial charge is 0.369 e. The first-order valence-electron chi connectivity index (χ1n) is 3.23. The van der Waals surface area contributed by atoms with E-state index in [-0.39, 0.29) is 6.10 Å². The van der Waals surface area contributed by atoms with E-state index in [0.717, 1.165) is 18.3 Å². The Labute approximate surface area is 60.2 Å². The maximum absolute atomic E-state index is 9.88. The summed E-state index contributed by atoms with van der Waals surface area (Å²) in [5.41, 5.74) is 1.10. The van der Waals surface area contributed by atoms with Crippen LogP contribution in [-0.2, 0) is 9.53 Å². The molecule has 1 saturated heterocycles. The molecule has 0 aromatic heterocycles. The van der Waals surface area contributed by atoms with Crippen LogP contribution < -0.4 is 0 Å². The maximum atomic E-state index is 9.88. The smallest absolute Gasteiger partial charge is 0.142 e. The molecular weight excluding hydrogens is 128 g/mol. The van der Waals surface area contributed by atoms with Crippen molar-refractivity contribution in [3.05, 3.63) is 24.3 Å². The van der Waals surface area contributed by atoms with Gasteiger partial charge >= 0.3 is 0 Å². The second kappa shape index (κ2) is 3.32. The molecule has 2 heteroatoms. The lowest BCUT2D eigenvalue weighted by molar-refractivity contribution is -0.104. The van der Waals surface area contributed by atoms with Gasteiger partial charge in [-0.3, -0.25) is 4.79 Å². The van der Waals surface area contributed by atoms with Crippen LogP contribution in [0.5, 0.6) is 0 Å². The van der Waals surface area contributed by atoms with Crippen LogP contribution in [0.4, 0.5) is 0 Å². The van der Waals surface area contributed by atoms with Crippen molar-refractivity contribution >= 4 is 6.29 Å². The Balaban J connectivity index is 2.37. The monoisotopic (exact) mass is 138 g/mol. The topological polar surface area (TPSA) is 26.3 Å². The average molecular weight is 138 g/mol. The molecule has 0 amide bonds. The van der Waals surface area contributed by atoms with Crippen LogP contribution in [0, 0.1) is 0 Å². The molecule has 0 aromatic carbocycles. The highest BCUT2D eigenvalue weighted by Crippen LogP contribution is 2.16. The molecule has 54 valence electrons. The highest BCUT2D eigenvalue weighted by molar-refractivity contribution is 5.64. The minimum absolute atomic E-state index is 0.0812. The minimum atomic E-state index is 0.0812. The van der Waals surface area contributed by atoms with Crippen LogP contribution in [0.2, 0.25) is 0 Å². The van der Waals surface area contributed by atoms with E-state index in [1.807, 2.05) is 0 Å². The zero-order chi connectivity index (χ0) is 7.40. The van der Waals surface area contributed by atoms with Crippen LogP contribution in [0.15, 0.2) is 24.3 Å². The summed E-state index contributed by atoms with van der Waals surface area (Å²) in [4.78, 5) is 9.88. The Hall–Kier alpha value is -0.890. The summed E-state index contributed by atoms with van der Waals surface area (Å²) in [6.45, 7) is 4.40. The van der Waals surface area contributed by atoms with Gasteiger partial charge in [0.05, 0.1) is 12.7 Å². The second-order valence-corrected chi connectivity index (χ2v) is 2.32. The molecule has 0 radical (unpaired) electrons. The van der Waals surface area contributed by atoms with Gasteiger partial charge in [0.15, 0.2) is 0 Å². The van der Waals surface area contributed by atoms with E-state index in [9.17, 15) is 4.79 Å². The summed E-state index contributed by atoms with van der Waals surface area (Å²) in [6, 6.07) is 0. The van der Waals surface area contributed by atoms with Crippen LogP contribution in [0.3, 0.4) is 0 Å². The number of ether oxygens (including phenoxy) is 1. The van der Waals surface area contributed by atoms with Crippen LogP contribution in [0.1, 0.15) is 6.42 Å². The number of allylic oxidation sites excluding steroid dienone is 1. The van der Waals surface area contributed by atoms with Gasteiger partial charge in [-0.15, -0.1) is 0 Å². The molecule has 1 atom stereocenters. The predicted octanol–water partition coefficient (Wildman–Crippen LogP) is 1.09. The zero-order valence-electron chi connectivity index (χ0n) is 5.75. The van der Waals surface area contributed by atoms with Crippen molar-refractivity contribution in [2.75, 3.05) is 6.61 Å². The molecule has 1 aliphatic heterocycles. The molecule has 10 heavy (non-hydrogen) atoms. The van der Waals surface area contributed by atoms with Gasteiger partial charge in [0.25, 0.3) is 0 Å². The highest BCUT2D eigenvalue weighted by atomic mass is 16.5. The number of carbonyl (C=O) groups excluding carboxylic acids is 1. The Kier molecular flexibility index (Phi) is 2.40. The van der Waals surface area contributed by atoms with Crippen molar-refractivity contribution in [3.8, 4) is 0 Å². The van der Waals surface area contributed by atoms with Gasteiger partial charge in [-0.2, -0.15) is 0 Å². The van der Waals surface area contributed by atoms with Gasteiger partial charge in [-0.05, 0) is 11.6 Å². The van der Waals surface area contributed by atoms with Crippen LogP contribution in [-0.4, -0.2) is 19.0 Å². The standard InChI is InChI=1S/C8H10O2/c1-7-5-8(10-6-7)3-2-4-9/h2-4,8H,1,5-6H2/b3-2+. The molecule has 0 N–H and O–H groups in total. The van der Waals surface area contributed by atoms with E-state index >= 15 is 0 Å². The van der Waals surface area contributed by atoms with Crippen molar-refractivity contribution in [2.24, 2.45) is 0 Å². The highest BCUT2D eigenvalue weighted by Gasteiger charge is 2.14. The van der Waals surface area contributed by atoms with Gasteiger partial charge in [0.1, 0.15) is 6.29 Å². The van der Waals surface area contributed by atoms with E-state index in [0.29, 0.717) is 6.61 Å². The Morgan fingerprint density at radius 1 is 1.70 bits per heavy atom. The maximum Gasteiger partial charge on any atom is 0.142 e. The van der Waals surface area contributed by atoms with E-state index in [1.54, 1.807) is 6.08 Å². The van der Waals surface area contributed by atoms with Crippen LogP contribution >= 0.6 is 0 Å². The molecule has 0 bridgehead atoms. The van der Waals surface area contributed by atoms with E-state index in [4.69, 9.17) is 4.74 Å². The Morgan fingerprint density at radius 3 is 3.00 bits per heavy atom.